The molecule has 1 aliphatic rings. The third-order valence-corrected chi connectivity index (χ3v) is 4.57. The summed E-state index contributed by atoms with van der Waals surface area (Å²) >= 11 is 12.7. The molecule has 1 N–H and O–H groups in total. The highest BCUT2D eigenvalue weighted by Gasteiger charge is 2.33. The van der Waals surface area contributed by atoms with Crippen molar-refractivity contribution in [1.29, 1.82) is 0 Å². The summed E-state index contributed by atoms with van der Waals surface area (Å²) in [6.07, 6.45) is 4.37. The predicted octanol–water partition coefficient (Wildman–Crippen LogP) is 5.07. The van der Waals surface area contributed by atoms with Gasteiger partial charge in [0, 0.05) is 17.0 Å². The smallest absolute Gasteiger partial charge is 0.143 e. The Balaban J connectivity index is 1.93. The lowest BCUT2D eigenvalue weighted by Crippen LogP contribution is -2.18. The molecular formula is C17H20Cl2N2O. The van der Waals surface area contributed by atoms with E-state index in [9.17, 15) is 0 Å². The quantitative estimate of drug-likeness (QED) is 0.716. The van der Waals surface area contributed by atoms with Crippen molar-refractivity contribution in [3.63, 3.8) is 0 Å². The lowest BCUT2D eigenvalue weighted by molar-refractivity contribution is 0.384. The fourth-order valence-electron chi connectivity index (χ4n) is 2.67. The van der Waals surface area contributed by atoms with Crippen molar-refractivity contribution in [3.05, 3.63) is 39.6 Å². The monoisotopic (exact) mass is 338 g/mol. The van der Waals surface area contributed by atoms with Crippen LogP contribution < -0.4 is 5.32 Å². The summed E-state index contributed by atoms with van der Waals surface area (Å²) in [4.78, 5) is 0. The Morgan fingerprint density at radius 2 is 1.95 bits per heavy atom. The molecule has 22 heavy (non-hydrogen) atoms. The van der Waals surface area contributed by atoms with Crippen LogP contribution in [0.3, 0.4) is 0 Å². The number of benzene rings is 1. The first kappa shape index (κ1) is 15.9. The number of nitrogens with one attached hydrogen (secondary N) is 1. The summed E-state index contributed by atoms with van der Waals surface area (Å²) < 4.78 is 5.65. The van der Waals surface area contributed by atoms with Crippen molar-refractivity contribution in [2.24, 2.45) is 0 Å². The van der Waals surface area contributed by atoms with Crippen LogP contribution in [0.1, 0.15) is 43.4 Å². The molecular weight excluding hydrogens is 319 g/mol. The maximum absolute atomic E-state index is 6.34. The Hall–Kier alpha value is -1.03. The molecule has 1 aliphatic carbocycles. The summed E-state index contributed by atoms with van der Waals surface area (Å²) in [5.74, 6) is 1.54. The molecule has 3 nitrogen and oxygen atoms in total. The maximum Gasteiger partial charge on any atom is 0.143 e. The second-order valence-electron chi connectivity index (χ2n) is 5.74. The van der Waals surface area contributed by atoms with Crippen LogP contribution in [-0.4, -0.2) is 18.2 Å². The van der Waals surface area contributed by atoms with Gasteiger partial charge < -0.3 is 9.84 Å². The minimum Gasteiger partial charge on any atom is -0.360 e. The highest BCUT2D eigenvalue weighted by atomic mass is 35.5. The van der Waals surface area contributed by atoms with Gasteiger partial charge in [-0.1, -0.05) is 41.3 Å². The molecule has 0 radical (unpaired) electrons. The first-order chi connectivity index (χ1) is 10.7. The number of hydrogen-bond donors (Lipinski definition) is 1. The zero-order valence-electron chi connectivity index (χ0n) is 12.7. The van der Waals surface area contributed by atoms with Crippen LogP contribution in [0.2, 0.25) is 10.0 Å². The van der Waals surface area contributed by atoms with E-state index in [0.29, 0.717) is 16.0 Å². The van der Waals surface area contributed by atoms with E-state index < -0.39 is 0 Å². The molecule has 1 heterocycles. The van der Waals surface area contributed by atoms with E-state index in [1.54, 1.807) is 0 Å². The molecule has 0 bridgehead atoms. The zero-order chi connectivity index (χ0) is 15.5. The first-order valence-electron chi connectivity index (χ1n) is 7.86. The van der Waals surface area contributed by atoms with Gasteiger partial charge in [0.25, 0.3) is 0 Å². The van der Waals surface area contributed by atoms with Gasteiger partial charge >= 0.3 is 0 Å². The molecule has 1 aromatic carbocycles. The predicted molar refractivity (Wildman–Crippen MR) is 90.8 cm³/mol. The van der Waals surface area contributed by atoms with Gasteiger partial charge in [-0.3, -0.25) is 0 Å². The normalized spacial score (nSPS) is 14.5. The van der Waals surface area contributed by atoms with Crippen LogP contribution in [0, 0.1) is 0 Å². The molecule has 0 atom stereocenters. The number of nitrogens with zero attached hydrogens (tertiary/aromatic N) is 1. The van der Waals surface area contributed by atoms with Crippen LogP contribution >= 0.6 is 23.2 Å². The fraction of sp³-hybridized carbons (Fsp3) is 0.471. The Morgan fingerprint density at radius 3 is 2.59 bits per heavy atom. The van der Waals surface area contributed by atoms with E-state index in [1.807, 2.05) is 18.2 Å². The van der Waals surface area contributed by atoms with E-state index in [4.69, 9.17) is 27.7 Å². The Labute approximate surface area is 141 Å². The summed E-state index contributed by atoms with van der Waals surface area (Å²) in [6, 6.07) is 5.53. The van der Waals surface area contributed by atoms with Crippen LogP contribution in [0.15, 0.2) is 22.7 Å². The van der Waals surface area contributed by atoms with Gasteiger partial charge in [-0.05, 0) is 50.9 Å². The number of halogens is 2. The van der Waals surface area contributed by atoms with E-state index in [-0.39, 0.29) is 0 Å². The average molecular weight is 339 g/mol. The molecule has 0 amide bonds. The molecule has 2 aromatic rings. The van der Waals surface area contributed by atoms with E-state index in [2.05, 4.69) is 17.4 Å². The second kappa shape index (κ2) is 7.03. The van der Waals surface area contributed by atoms with Crippen LogP contribution in [0.4, 0.5) is 0 Å². The lowest BCUT2D eigenvalue weighted by Gasteiger charge is -2.08. The van der Waals surface area contributed by atoms with E-state index in [1.165, 1.54) is 12.8 Å². The molecule has 118 valence electrons. The van der Waals surface area contributed by atoms with Gasteiger partial charge in [-0.2, -0.15) is 0 Å². The Kier molecular flexibility index (Phi) is 5.07. The van der Waals surface area contributed by atoms with Crippen LogP contribution in [-0.2, 0) is 6.42 Å². The topological polar surface area (TPSA) is 38.1 Å². The Bertz CT molecular complexity index is 630. The summed E-state index contributed by atoms with van der Waals surface area (Å²) in [5.41, 5.74) is 2.74. The van der Waals surface area contributed by atoms with Crippen molar-refractivity contribution in [2.75, 3.05) is 13.1 Å². The molecule has 3 rings (SSSR count). The van der Waals surface area contributed by atoms with E-state index >= 15 is 0 Å². The molecule has 0 spiro atoms. The van der Waals surface area contributed by atoms with Crippen molar-refractivity contribution in [2.45, 2.75) is 38.5 Å². The minimum atomic E-state index is 0.517. The van der Waals surface area contributed by atoms with Crippen molar-refractivity contribution < 1.29 is 4.52 Å². The highest BCUT2D eigenvalue weighted by Crippen LogP contribution is 2.45. The van der Waals surface area contributed by atoms with Gasteiger partial charge in [0.2, 0.25) is 0 Å². The molecule has 1 saturated carbocycles. The second-order valence-corrected chi connectivity index (χ2v) is 6.56. The molecule has 0 unspecified atom stereocenters. The SMILES string of the molecule is CCCNCCc1c(-c2c(Cl)cccc2Cl)noc1C1CC1. The van der Waals surface area contributed by atoms with Crippen LogP contribution in [0.5, 0.6) is 0 Å². The van der Waals surface area contributed by atoms with Crippen molar-refractivity contribution in [3.8, 4) is 11.3 Å². The summed E-state index contributed by atoms with van der Waals surface area (Å²) in [6.45, 7) is 4.09. The lowest BCUT2D eigenvalue weighted by atomic mass is 10.0. The summed E-state index contributed by atoms with van der Waals surface area (Å²) in [5, 5.41) is 8.96. The largest absolute Gasteiger partial charge is 0.360 e. The number of aromatic nitrogens is 1. The molecule has 1 aromatic heterocycles. The molecule has 0 saturated heterocycles. The minimum absolute atomic E-state index is 0.517. The van der Waals surface area contributed by atoms with Crippen molar-refractivity contribution in [1.82, 2.24) is 10.5 Å². The summed E-state index contributed by atoms with van der Waals surface area (Å²) in [7, 11) is 0. The Morgan fingerprint density at radius 1 is 1.23 bits per heavy atom. The first-order valence-corrected chi connectivity index (χ1v) is 8.61. The molecule has 0 aliphatic heterocycles. The van der Waals surface area contributed by atoms with Gasteiger partial charge in [-0.15, -0.1) is 0 Å². The van der Waals surface area contributed by atoms with Gasteiger partial charge in [0.1, 0.15) is 11.5 Å². The van der Waals surface area contributed by atoms with Crippen molar-refractivity contribution >= 4 is 23.2 Å². The van der Waals surface area contributed by atoms with Crippen LogP contribution in [0.25, 0.3) is 11.3 Å². The molecule has 5 heteroatoms. The van der Waals surface area contributed by atoms with Gasteiger partial charge in [-0.25, -0.2) is 0 Å². The zero-order valence-corrected chi connectivity index (χ0v) is 14.2. The highest BCUT2D eigenvalue weighted by molar-refractivity contribution is 6.39. The average Bonchev–Trinajstić information content (AvgIpc) is 3.26. The van der Waals surface area contributed by atoms with Gasteiger partial charge in [0.05, 0.1) is 10.0 Å². The number of hydrogen-bond acceptors (Lipinski definition) is 3. The maximum atomic E-state index is 6.34. The number of rotatable bonds is 7. The fourth-order valence-corrected chi connectivity index (χ4v) is 3.24. The van der Waals surface area contributed by atoms with E-state index in [0.717, 1.165) is 48.5 Å². The third kappa shape index (κ3) is 3.32. The standard InChI is InChI=1S/C17H20Cl2N2O/c1-2-9-20-10-8-12-16(21-22-17(12)11-6-7-11)15-13(18)4-3-5-14(15)19/h3-5,11,20H,2,6-10H2,1H3. The van der Waals surface area contributed by atoms with Gasteiger partial charge in [0.15, 0.2) is 0 Å². The third-order valence-electron chi connectivity index (χ3n) is 3.94. The molecule has 1 fully saturated rings.